The Morgan fingerprint density at radius 2 is 2.00 bits per heavy atom. The average molecular weight is 275 g/mol. The first-order valence-electron chi connectivity index (χ1n) is 7.37. The monoisotopic (exact) mass is 275 g/mol. The lowest BCUT2D eigenvalue weighted by molar-refractivity contribution is -0.136. The molecule has 1 aromatic carbocycles. The zero-order chi connectivity index (χ0) is 13.9. The van der Waals surface area contributed by atoms with E-state index in [0.29, 0.717) is 12.1 Å². The van der Waals surface area contributed by atoms with Gasteiger partial charge in [0, 0.05) is 19.2 Å². The van der Waals surface area contributed by atoms with Crippen LogP contribution < -0.4 is 5.32 Å². The van der Waals surface area contributed by atoms with Crippen LogP contribution in [0.2, 0.25) is 0 Å². The molecule has 108 valence electrons. The van der Waals surface area contributed by atoms with Crippen molar-refractivity contribution >= 4 is 5.97 Å². The highest BCUT2D eigenvalue weighted by atomic mass is 16.5. The maximum Gasteiger partial charge on any atom is 0.307 e. The van der Waals surface area contributed by atoms with Crippen LogP contribution >= 0.6 is 0 Å². The summed E-state index contributed by atoms with van der Waals surface area (Å²) in [5.41, 5.74) is 1.98. The maximum atomic E-state index is 10.9. The fraction of sp³-hybridized carbons (Fsp3) is 0.562. The summed E-state index contributed by atoms with van der Waals surface area (Å²) in [4.78, 5) is 10.9. The Hall–Kier alpha value is -1.39. The molecule has 3 rings (SSSR count). The van der Waals surface area contributed by atoms with Crippen molar-refractivity contribution in [3.05, 3.63) is 35.4 Å². The zero-order valence-electron chi connectivity index (χ0n) is 11.5. The van der Waals surface area contributed by atoms with E-state index in [1.807, 2.05) is 24.3 Å². The van der Waals surface area contributed by atoms with Gasteiger partial charge in [0.05, 0.1) is 12.5 Å². The Morgan fingerprint density at radius 3 is 2.70 bits per heavy atom. The van der Waals surface area contributed by atoms with Gasteiger partial charge in [0.1, 0.15) is 0 Å². The number of rotatable bonds is 6. The van der Waals surface area contributed by atoms with Crippen molar-refractivity contribution in [2.24, 2.45) is 5.92 Å². The van der Waals surface area contributed by atoms with Crippen molar-refractivity contribution in [1.29, 1.82) is 0 Å². The van der Waals surface area contributed by atoms with Gasteiger partial charge in [-0.1, -0.05) is 24.3 Å². The molecule has 1 saturated carbocycles. The summed E-state index contributed by atoms with van der Waals surface area (Å²) < 4.78 is 5.82. The van der Waals surface area contributed by atoms with Crippen molar-refractivity contribution in [1.82, 2.24) is 5.32 Å². The van der Waals surface area contributed by atoms with E-state index < -0.39 is 5.97 Å². The highest BCUT2D eigenvalue weighted by Crippen LogP contribution is 2.38. The van der Waals surface area contributed by atoms with E-state index in [-0.39, 0.29) is 6.42 Å². The fourth-order valence-corrected chi connectivity index (χ4v) is 3.03. The minimum Gasteiger partial charge on any atom is -0.481 e. The van der Waals surface area contributed by atoms with Crippen molar-refractivity contribution in [2.75, 3.05) is 6.61 Å². The van der Waals surface area contributed by atoms with E-state index in [9.17, 15) is 4.79 Å². The lowest BCUT2D eigenvalue weighted by Crippen LogP contribution is -2.37. The quantitative estimate of drug-likeness (QED) is 0.833. The normalized spacial score (nSPS) is 25.8. The second-order valence-corrected chi connectivity index (χ2v) is 5.79. The molecular formula is C16H21NO3. The summed E-state index contributed by atoms with van der Waals surface area (Å²) in [6.07, 6.45) is 4.09. The standard InChI is InChI=1S/C16H21NO3/c18-15(19)9-12-3-1-2-4-13(12)10-17-14-7-8-20-16(14)11-5-6-11/h1-4,11,14,16-17H,5-10H2,(H,18,19). The van der Waals surface area contributed by atoms with Crippen LogP contribution in [-0.2, 0) is 22.5 Å². The van der Waals surface area contributed by atoms with E-state index >= 15 is 0 Å². The van der Waals surface area contributed by atoms with E-state index in [1.165, 1.54) is 12.8 Å². The van der Waals surface area contributed by atoms with Gasteiger partial charge in [-0.25, -0.2) is 0 Å². The lowest BCUT2D eigenvalue weighted by atomic mass is 10.0. The van der Waals surface area contributed by atoms with E-state index in [4.69, 9.17) is 9.84 Å². The molecule has 0 amide bonds. The Bertz CT molecular complexity index is 484. The van der Waals surface area contributed by atoms with Gasteiger partial charge in [0.2, 0.25) is 0 Å². The molecule has 4 heteroatoms. The number of benzene rings is 1. The first-order valence-corrected chi connectivity index (χ1v) is 7.37. The van der Waals surface area contributed by atoms with Crippen LogP contribution in [0.25, 0.3) is 0 Å². The summed E-state index contributed by atoms with van der Waals surface area (Å²) in [6, 6.07) is 8.18. The molecule has 0 spiro atoms. The molecule has 2 N–H and O–H groups in total. The third-order valence-corrected chi connectivity index (χ3v) is 4.24. The molecule has 4 nitrogen and oxygen atoms in total. The minimum atomic E-state index is -0.780. The van der Waals surface area contributed by atoms with Crippen LogP contribution in [0.5, 0.6) is 0 Å². The van der Waals surface area contributed by atoms with Gasteiger partial charge < -0.3 is 15.2 Å². The van der Waals surface area contributed by atoms with Gasteiger partial charge in [0.25, 0.3) is 0 Å². The van der Waals surface area contributed by atoms with Gasteiger partial charge in [-0.15, -0.1) is 0 Å². The molecule has 0 aromatic heterocycles. The summed E-state index contributed by atoms with van der Waals surface area (Å²) in [7, 11) is 0. The smallest absolute Gasteiger partial charge is 0.307 e. The Morgan fingerprint density at radius 1 is 1.25 bits per heavy atom. The topological polar surface area (TPSA) is 58.6 Å². The Kier molecular flexibility index (Phi) is 4.03. The van der Waals surface area contributed by atoms with Crippen LogP contribution in [0.3, 0.4) is 0 Å². The van der Waals surface area contributed by atoms with Gasteiger partial charge >= 0.3 is 5.97 Å². The van der Waals surface area contributed by atoms with Crippen LogP contribution in [0.15, 0.2) is 24.3 Å². The number of hydrogen-bond acceptors (Lipinski definition) is 3. The maximum absolute atomic E-state index is 10.9. The number of carboxylic acids is 1. The molecule has 1 aliphatic carbocycles. The second-order valence-electron chi connectivity index (χ2n) is 5.79. The lowest BCUT2D eigenvalue weighted by Gasteiger charge is -2.20. The first kappa shape index (κ1) is 13.6. The molecule has 1 aromatic rings. The second kappa shape index (κ2) is 5.94. The van der Waals surface area contributed by atoms with Gasteiger partial charge in [-0.2, -0.15) is 0 Å². The predicted octanol–water partition coefficient (Wildman–Crippen LogP) is 1.97. The molecule has 2 aliphatic rings. The molecular weight excluding hydrogens is 254 g/mol. The third kappa shape index (κ3) is 3.19. The third-order valence-electron chi connectivity index (χ3n) is 4.24. The van der Waals surface area contributed by atoms with Crippen molar-refractivity contribution in [3.8, 4) is 0 Å². The molecule has 20 heavy (non-hydrogen) atoms. The average Bonchev–Trinajstić information content (AvgIpc) is 3.16. The zero-order valence-corrected chi connectivity index (χ0v) is 11.5. The highest BCUT2D eigenvalue weighted by molar-refractivity contribution is 5.70. The predicted molar refractivity (Wildman–Crippen MR) is 75.5 cm³/mol. The van der Waals surface area contributed by atoms with Crippen LogP contribution in [0.1, 0.15) is 30.4 Å². The van der Waals surface area contributed by atoms with Crippen molar-refractivity contribution < 1.29 is 14.6 Å². The molecule has 1 aliphatic heterocycles. The van der Waals surface area contributed by atoms with Crippen LogP contribution in [0.4, 0.5) is 0 Å². The molecule has 2 fully saturated rings. The van der Waals surface area contributed by atoms with Gasteiger partial charge in [-0.05, 0) is 36.3 Å². The molecule has 0 radical (unpaired) electrons. The van der Waals surface area contributed by atoms with E-state index in [1.54, 1.807) is 0 Å². The van der Waals surface area contributed by atoms with Gasteiger partial charge in [-0.3, -0.25) is 4.79 Å². The van der Waals surface area contributed by atoms with Crippen LogP contribution in [0, 0.1) is 5.92 Å². The number of ether oxygens (including phenoxy) is 1. The largest absolute Gasteiger partial charge is 0.481 e. The number of carbonyl (C=O) groups is 1. The molecule has 0 bridgehead atoms. The first-order chi connectivity index (χ1) is 9.74. The Labute approximate surface area is 119 Å². The Balaban J connectivity index is 1.61. The van der Waals surface area contributed by atoms with Gasteiger partial charge in [0.15, 0.2) is 0 Å². The van der Waals surface area contributed by atoms with Crippen LogP contribution in [-0.4, -0.2) is 29.8 Å². The number of hydrogen-bond donors (Lipinski definition) is 2. The number of aliphatic carboxylic acids is 1. The highest BCUT2D eigenvalue weighted by Gasteiger charge is 2.40. The molecule has 2 atom stereocenters. The number of nitrogens with one attached hydrogen (secondary N) is 1. The van der Waals surface area contributed by atoms with E-state index in [2.05, 4.69) is 5.32 Å². The van der Waals surface area contributed by atoms with Crippen molar-refractivity contribution in [2.45, 2.75) is 44.4 Å². The van der Waals surface area contributed by atoms with Crippen molar-refractivity contribution in [3.63, 3.8) is 0 Å². The fourth-order valence-electron chi connectivity index (χ4n) is 3.03. The molecule has 2 unspecified atom stereocenters. The van der Waals surface area contributed by atoms with E-state index in [0.717, 1.165) is 36.6 Å². The summed E-state index contributed by atoms with van der Waals surface area (Å²) in [5.74, 6) is -0.0400. The summed E-state index contributed by atoms with van der Waals surface area (Å²) >= 11 is 0. The molecule has 1 saturated heterocycles. The minimum absolute atomic E-state index is 0.0884. The SMILES string of the molecule is O=C(O)Cc1ccccc1CNC1CCOC1C1CC1. The molecule has 1 heterocycles. The summed E-state index contributed by atoms with van der Waals surface area (Å²) in [6.45, 7) is 1.57. The number of carboxylic acid groups (broad SMARTS) is 1. The summed E-state index contributed by atoms with van der Waals surface area (Å²) in [5, 5.41) is 12.5.